The van der Waals surface area contributed by atoms with Crippen molar-refractivity contribution in [1.82, 2.24) is 9.88 Å². The maximum Gasteiger partial charge on any atom is 0.264 e. The van der Waals surface area contributed by atoms with E-state index in [4.69, 9.17) is 4.74 Å². The summed E-state index contributed by atoms with van der Waals surface area (Å²) < 4.78 is 7.11. The summed E-state index contributed by atoms with van der Waals surface area (Å²) in [5.74, 6) is 1.62. The van der Waals surface area contributed by atoms with Crippen molar-refractivity contribution < 1.29 is 9.53 Å². The third-order valence-electron chi connectivity index (χ3n) is 4.55. The third-order valence-corrected chi connectivity index (χ3v) is 5.67. The highest BCUT2D eigenvalue weighted by Crippen LogP contribution is 2.38. The second kappa shape index (κ2) is 6.96. The standard InChI is InChI=1S/C20H21N3O2S/c1-22(2)15-7-3-4-8-16(15)25-17-9-10-21-14-13-18(26-19(14)17)20(24)23-11-5-6-12-23/h3-4,7-10,13H,5-6,11-12H2,1-2H3. The van der Waals surface area contributed by atoms with Gasteiger partial charge in [0.25, 0.3) is 5.91 Å². The molecule has 1 aliphatic rings. The molecular weight excluding hydrogens is 346 g/mol. The Morgan fingerprint density at radius 1 is 1.15 bits per heavy atom. The summed E-state index contributed by atoms with van der Waals surface area (Å²) >= 11 is 1.46. The molecule has 3 heterocycles. The molecule has 3 aromatic rings. The molecule has 1 fully saturated rings. The second-order valence-electron chi connectivity index (χ2n) is 6.60. The fraction of sp³-hybridized carbons (Fsp3) is 0.300. The summed E-state index contributed by atoms with van der Waals surface area (Å²) in [5, 5.41) is 0. The van der Waals surface area contributed by atoms with Crippen LogP contribution >= 0.6 is 11.3 Å². The number of para-hydroxylation sites is 2. The molecule has 6 heteroatoms. The monoisotopic (exact) mass is 367 g/mol. The molecule has 4 rings (SSSR count). The highest BCUT2D eigenvalue weighted by atomic mass is 32.1. The lowest BCUT2D eigenvalue weighted by Crippen LogP contribution is -2.26. The zero-order valence-corrected chi connectivity index (χ0v) is 15.8. The van der Waals surface area contributed by atoms with E-state index in [9.17, 15) is 4.79 Å². The van der Waals surface area contributed by atoms with E-state index in [1.54, 1.807) is 6.20 Å². The number of hydrogen-bond donors (Lipinski definition) is 0. The average Bonchev–Trinajstić information content (AvgIpc) is 3.32. The normalized spacial score (nSPS) is 14.0. The van der Waals surface area contributed by atoms with Gasteiger partial charge in [-0.15, -0.1) is 11.3 Å². The molecule has 0 saturated carbocycles. The quantitative estimate of drug-likeness (QED) is 0.686. The van der Waals surface area contributed by atoms with E-state index in [1.165, 1.54) is 11.3 Å². The van der Waals surface area contributed by atoms with Crippen molar-refractivity contribution in [2.45, 2.75) is 12.8 Å². The maximum absolute atomic E-state index is 12.7. The smallest absolute Gasteiger partial charge is 0.264 e. The number of pyridine rings is 1. The Bertz CT molecular complexity index is 945. The topological polar surface area (TPSA) is 45.7 Å². The van der Waals surface area contributed by atoms with E-state index in [0.29, 0.717) is 0 Å². The molecule has 0 spiro atoms. The summed E-state index contributed by atoms with van der Waals surface area (Å²) in [7, 11) is 3.98. The molecule has 1 amide bonds. The van der Waals surface area contributed by atoms with Gasteiger partial charge in [-0.1, -0.05) is 12.1 Å². The Hall–Kier alpha value is -2.60. The predicted molar refractivity (Wildman–Crippen MR) is 106 cm³/mol. The van der Waals surface area contributed by atoms with E-state index in [2.05, 4.69) is 4.98 Å². The van der Waals surface area contributed by atoms with Crippen molar-refractivity contribution in [3.05, 3.63) is 47.5 Å². The highest BCUT2D eigenvalue weighted by Gasteiger charge is 2.22. The minimum Gasteiger partial charge on any atom is -0.454 e. The number of rotatable bonds is 4. The number of ether oxygens (including phenoxy) is 1. The molecule has 26 heavy (non-hydrogen) atoms. The molecule has 134 valence electrons. The number of fused-ring (bicyclic) bond motifs is 1. The van der Waals surface area contributed by atoms with Crippen LogP contribution in [0.5, 0.6) is 11.5 Å². The Morgan fingerprint density at radius 2 is 1.92 bits per heavy atom. The molecule has 1 aliphatic heterocycles. The number of amides is 1. The van der Waals surface area contributed by atoms with Crippen molar-refractivity contribution in [2.75, 3.05) is 32.1 Å². The number of nitrogens with zero attached hydrogens (tertiary/aromatic N) is 3. The number of thiophene rings is 1. The number of carbonyl (C=O) groups is 1. The minimum absolute atomic E-state index is 0.102. The van der Waals surface area contributed by atoms with Crippen LogP contribution in [0.15, 0.2) is 42.6 Å². The van der Waals surface area contributed by atoms with Gasteiger partial charge in [0.05, 0.1) is 20.8 Å². The van der Waals surface area contributed by atoms with E-state index in [-0.39, 0.29) is 5.91 Å². The first-order chi connectivity index (χ1) is 12.6. The summed E-state index contributed by atoms with van der Waals surface area (Å²) in [6.07, 6.45) is 3.90. The molecule has 1 saturated heterocycles. The maximum atomic E-state index is 12.7. The number of likely N-dealkylation sites (tertiary alicyclic amines) is 1. The van der Waals surface area contributed by atoms with Gasteiger partial charge in [-0.05, 0) is 31.0 Å². The van der Waals surface area contributed by atoms with E-state index in [0.717, 1.165) is 58.2 Å². The fourth-order valence-electron chi connectivity index (χ4n) is 3.21. The molecule has 0 bridgehead atoms. The molecule has 0 N–H and O–H groups in total. The first-order valence-electron chi connectivity index (χ1n) is 8.75. The van der Waals surface area contributed by atoms with Gasteiger partial charge in [-0.2, -0.15) is 0 Å². The summed E-state index contributed by atoms with van der Waals surface area (Å²) in [6.45, 7) is 1.69. The van der Waals surface area contributed by atoms with Gasteiger partial charge in [0.15, 0.2) is 5.75 Å². The molecule has 0 aliphatic carbocycles. The lowest BCUT2D eigenvalue weighted by Gasteiger charge is -2.17. The Kier molecular flexibility index (Phi) is 4.51. The average molecular weight is 367 g/mol. The van der Waals surface area contributed by atoms with E-state index >= 15 is 0 Å². The summed E-state index contributed by atoms with van der Waals surface area (Å²) in [4.78, 5) is 21.8. The first-order valence-corrected chi connectivity index (χ1v) is 9.57. The Balaban J connectivity index is 1.69. The van der Waals surface area contributed by atoms with Crippen LogP contribution in [0.2, 0.25) is 0 Å². The van der Waals surface area contributed by atoms with Gasteiger partial charge in [0.1, 0.15) is 5.75 Å². The van der Waals surface area contributed by atoms with Crippen LogP contribution < -0.4 is 9.64 Å². The predicted octanol–water partition coefficient (Wildman–Crippen LogP) is 4.39. The van der Waals surface area contributed by atoms with Crippen LogP contribution in [-0.4, -0.2) is 43.0 Å². The molecule has 0 atom stereocenters. The highest BCUT2D eigenvalue weighted by molar-refractivity contribution is 7.21. The van der Waals surface area contributed by atoms with Gasteiger partial charge in [0.2, 0.25) is 0 Å². The van der Waals surface area contributed by atoms with Gasteiger partial charge in [-0.25, -0.2) is 0 Å². The van der Waals surface area contributed by atoms with Crippen LogP contribution in [-0.2, 0) is 0 Å². The lowest BCUT2D eigenvalue weighted by atomic mass is 10.2. The molecule has 1 aromatic carbocycles. The van der Waals surface area contributed by atoms with Crippen LogP contribution in [0.25, 0.3) is 10.2 Å². The Morgan fingerprint density at radius 3 is 2.69 bits per heavy atom. The zero-order valence-electron chi connectivity index (χ0n) is 14.9. The van der Waals surface area contributed by atoms with Crippen molar-refractivity contribution in [3.63, 3.8) is 0 Å². The van der Waals surface area contributed by atoms with Crippen molar-refractivity contribution in [2.24, 2.45) is 0 Å². The second-order valence-corrected chi connectivity index (χ2v) is 7.65. The lowest BCUT2D eigenvalue weighted by molar-refractivity contribution is 0.0797. The zero-order chi connectivity index (χ0) is 18.1. The summed E-state index contributed by atoms with van der Waals surface area (Å²) in [6, 6.07) is 11.6. The van der Waals surface area contributed by atoms with Crippen LogP contribution in [0.4, 0.5) is 5.69 Å². The van der Waals surface area contributed by atoms with Crippen LogP contribution in [0, 0.1) is 0 Å². The van der Waals surface area contributed by atoms with Gasteiger partial charge in [-0.3, -0.25) is 9.78 Å². The Labute approximate surface area is 156 Å². The van der Waals surface area contributed by atoms with Crippen molar-refractivity contribution >= 4 is 33.1 Å². The molecule has 0 radical (unpaired) electrons. The minimum atomic E-state index is 0.102. The SMILES string of the molecule is CN(C)c1ccccc1Oc1ccnc2cc(C(=O)N3CCCC3)sc12. The van der Waals surface area contributed by atoms with Crippen LogP contribution in [0.1, 0.15) is 22.5 Å². The number of carbonyl (C=O) groups excluding carboxylic acids is 1. The number of anilines is 1. The van der Waals surface area contributed by atoms with E-state index < -0.39 is 0 Å². The van der Waals surface area contributed by atoms with Crippen LogP contribution in [0.3, 0.4) is 0 Å². The van der Waals surface area contributed by atoms with Gasteiger partial charge >= 0.3 is 0 Å². The molecule has 0 unspecified atom stereocenters. The van der Waals surface area contributed by atoms with E-state index in [1.807, 2.05) is 60.3 Å². The van der Waals surface area contributed by atoms with Gasteiger partial charge in [0, 0.05) is 39.4 Å². The van der Waals surface area contributed by atoms with Crippen molar-refractivity contribution in [3.8, 4) is 11.5 Å². The third kappa shape index (κ3) is 3.12. The summed E-state index contributed by atoms with van der Waals surface area (Å²) in [5.41, 5.74) is 1.81. The van der Waals surface area contributed by atoms with Crippen molar-refractivity contribution in [1.29, 1.82) is 0 Å². The van der Waals surface area contributed by atoms with Gasteiger partial charge < -0.3 is 14.5 Å². The largest absolute Gasteiger partial charge is 0.454 e. The fourth-order valence-corrected chi connectivity index (χ4v) is 4.24. The molecule has 2 aromatic heterocycles. The molecular formula is C20H21N3O2S. The number of aromatic nitrogens is 1. The molecule has 5 nitrogen and oxygen atoms in total. The number of hydrogen-bond acceptors (Lipinski definition) is 5. The number of benzene rings is 1. The first kappa shape index (κ1) is 16.8.